The van der Waals surface area contributed by atoms with Gasteiger partial charge in [-0.15, -0.1) is 0 Å². The fraction of sp³-hybridized carbons (Fsp3) is 0.778. The summed E-state index contributed by atoms with van der Waals surface area (Å²) in [5.41, 5.74) is 5.65. The molecule has 0 aromatic carbocycles. The lowest BCUT2D eigenvalue weighted by atomic mass is 10.0. The van der Waals surface area contributed by atoms with Gasteiger partial charge in [0.2, 0.25) is 0 Å². The standard InChI is InChI=1S/C45H78O/c1-5-7-9-11-13-15-17-19-20-21-22-24-26-28-30-32-38-46-44-37-36-42(40(3)4)39-43-35-34-41(45(43)44)33-31-29-27-25-23-18-16-14-12-10-8-6-2/h34-37,39-40H,5-33,38H2,1-4H3. The second kappa shape index (κ2) is 28.5. The van der Waals surface area contributed by atoms with Gasteiger partial charge < -0.3 is 4.74 Å². The first-order valence-electron chi connectivity index (χ1n) is 20.9. The largest absolute Gasteiger partial charge is 0.493 e. The summed E-state index contributed by atoms with van der Waals surface area (Å²) in [6.45, 7) is 10.1. The quantitative estimate of drug-likeness (QED) is 0.0728. The Bertz CT molecular complexity index is 913. The van der Waals surface area contributed by atoms with Gasteiger partial charge in [0.1, 0.15) is 5.75 Å². The van der Waals surface area contributed by atoms with E-state index < -0.39 is 0 Å². The highest BCUT2D eigenvalue weighted by atomic mass is 16.5. The summed E-state index contributed by atoms with van der Waals surface area (Å²) in [6.07, 6.45) is 40.6. The predicted molar refractivity (Wildman–Crippen MR) is 207 cm³/mol. The maximum atomic E-state index is 6.55. The zero-order chi connectivity index (χ0) is 32.9. The number of unbranched alkanes of at least 4 members (excludes halogenated alkanes) is 26. The molecule has 0 heterocycles. The van der Waals surface area contributed by atoms with E-state index in [1.165, 1.54) is 208 Å². The van der Waals surface area contributed by atoms with Crippen LogP contribution in [0.3, 0.4) is 0 Å². The molecular formula is C45H78O. The van der Waals surface area contributed by atoms with Crippen LogP contribution in [-0.4, -0.2) is 6.61 Å². The summed E-state index contributed by atoms with van der Waals surface area (Å²) in [6, 6.07) is 11.7. The van der Waals surface area contributed by atoms with Crippen LogP contribution in [0.5, 0.6) is 5.75 Å². The van der Waals surface area contributed by atoms with E-state index in [1.54, 1.807) is 0 Å². The first kappa shape index (κ1) is 40.7. The van der Waals surface area contributed by atoms with Crippen LogP contribution in [0.15, 0.2) is 30.3 Å². The van der Waals surface area contributed by atoms with E-state index in [9.17, 15) is 0 Å². The van der Waals surface area contributed by atoms with Crippen molar-refractivity contribution in [2.45, 2.75) is 220 Å². The highest BCUT2D eigenvalue weighted by Crippen LogP contribution is 2.38. The van der Waals surface area contributed by atoms with Gasteiger partial charge in [-0.25, -0.2) is 0 Å². The molecule has 0 bridgehead atoms. The molecule has 2 aliphatic rings. The van der Waals surface area contributed by atoms with Crippen molar-refractivity contribution in [3.63, 3.8) is 0 Å². The normalized spacial score (nSPS) is 11.7. The average molecular weight is 635 g/mol. The third kappa shape index (κ3) is 19.4. The van der Waals surface area contributed by atoms with Crippen molar-refractivity contribution < 1.29 is 4.74 Å². The fourth-order valence-corrected chi connectivity index (χ4v) is 7.12. The van der Waals surface area contributed by atoms with Crippen molar-refractivity contribution >= 4 is 0 Å². The van der Waals surface area contributed by atoms with Crippen LogP contribution in [0.2, 0.25) is 0 Å². The van der Waals surface area contributed by atoms with Crippen LogP contribution in [0.25, 0.3) is 11.1 Å². The van der Waals surface area contributed by atoms with Gasteiger partial charge in [-0.2, -0.15) is 0 Å². The first-order chi connectivity index (χ1) is 22.7. The van der Waals surface area contributed by atoms with E-state index >= 15 is 0 Å². The molecular weight excluding hydrogens is 556 g/mol. The molecule has 0 N–H and O–H groups in total. The zero-order valence-corrected chi connectivity index (χ0v) is 31.6. The third-order valence-electron chi connectivity index (χ3n) is 10.3. The van der Waals surface area contributed by atoms with Crippen molar-refractivity contribution in [3.8, 4) is 16.9 Å². The van der Waals surface area contributed by atoms with Crippen molar-refractivity contribution in [2.75, 3.05) is 6.61 Å². The van der Waals surface area contributed by atoms with E-state index in [2.05, 4.69) is 58.0 Å². The zero-order valence-electron chi connectivity index (χ0n) is 31.6. The molecule has 0 aliphatic heterocycles. The minimum atomic E-state index is 0.526. The molecule has 0 radical (unpaired) electrons. The number of aryl methyl sites for hydroxylation is 1. The van der Waals surface area contributed by atoms with Crippen LogP contribution in [-0.2, 0) is 6.42 Å². The molecule has 46 heavy (non-hydrogen) atoms. The Morgan fingerprint density at radius 2 is 0.870 bits per heavy atom. The number of rotatable bonds is 32. The van der Waals surface area contributed by atoms with Crippen LogP contribution in [0, 0.1) is 0 Å². The monoisotopic (exact) mass is 635 g/mol. The highest BCUT2D eigenvalue weighted by molar-refractivity contribution is 5.77. The summed E-state index contributed by atoms with van der Waals surface area (Å²) >= 11 is 0. The molecule has 0 aromatic rings. The lowest BCUT2D eigenvalue weighted by Gasteiger charge is -2.11. The van der Waals surface area contributed by atoms with E-state index in [0.29, 0.717) is 5.92 Å². The average Bonchev–Trinajstić information content (AvgIpc) is 3.35. The maximum Gasteiger partial charge on any atom is 0.127 e. The van der Waals surface area contributed by atoms with E-state index in [4.69, 9.17) is 4.74 Å². The van der Waals surface area contributed by atoms with Gasteiger partial charge in [-0.1, -0.05) is 219 Å². The SMILES string of the molecule is CCCCCCCCCCCCCCCCCCOc1ccc(C(C)C)cc2ccc(CCCCCCCCCCCCCC)c1-2. The van der Waals surface area contributed by atoms with Crippen molar-refractivity contribution in [2.24, 2.45) is 0 Å². The van der Waals surface area contributed by atoms with Crippen molar-refractivity contribution in [1.82, 2.24) is 0 Å². The summed E-state index contributed by atoms with van der Waals surface area (Å²) in [5, 5.41) is 0. The van der Waals surface area contributed by atoms with Gasteiger partial charge in [0.25, 0.3) is 0 Å². The molecule has 0 saturated carbocycles. The Kier molecular flexibility index (Phi) is 25.2. The second-order valence-corrected chi connectivity index (χ2v) is 15.0. The molecule has 0 unspecified atom stereocenters. The molecule has 0 spiro atoms. The van der Waals surface area contributed by atoms with Gasteiger partial charge in [0.15, 0.2) is 0 Å². The molecule has 0 saturated heterocycles. The van der Waals surface area contributed by atoms with Crippen molar-refractivity contribution in [3.05, 3.63) is 41.5 Å². The Balaban J connectivity index is 1.62. The van der Waals surface area contributed by atoms with Crippen LogP contribution < -0.4 is 4.74 Å². The van der Waals surface area contributed by atoms with E-state index in [-0.39, 0.29) is 0 Å². The fourth-order valence-electron chi connectivity index (χ4n) is 7.12. The molecule has 264 valence electrons. The summed E-state index contributed by atoms with van der Waals surface area (Å²) in [4.78, 5) is 0. The van der Waals surface area contributed by atoms with Gasteiger partial charge in [0, 0.05) is 5.56 Å². The van der Waals surface area contributed by atoms with Crippen LogP contribution >= 0.6 is 0 Å². The molecule has 0 amide bonds. The highest BCUT2D eigenvalue weighted by Gasteiger charge is 2.16. The summed E-state index contributed by atoms with van der Waals surface area (Å²) in [7, 11) is 0. The molecule has 1 heteroatoms. The predicted octanol–water partition coefficient (Wildman–Crippen LogP) is 15.8. The molecule has 0 atom stereocenters. The minimum Gasteiger partial charge on any atom is -0.493 e. The molecule has 0 aromatic heterocycles. The van der Waals surface area contributed by atoms with Crippen molar-refractivity contribution in [1.29, 1.82) is 0 Å². The van der Waals surface area contributed by atoms with Gasteiger partial charge in [-0.3, -0.25) is 0 Å². The number of hydrogen-bond acceptors (Lipinski definition) is 1. The lowest BCUT2D eigenvalue weighted by Crippen LogP contribution is -1.99. The topological polar surface area (TPSA) is 9.23 Å². The Labute approximate surface area is 288 Å². The number of ether oxygens (including phenoxy) is 1. The first-order valence-corrected chi connectivity index (χ1v) is 20.9. The van der Waals surface area contributed by atoms with E-state index in [1.807, 2.05) is 0 Å². The number of fused-ring (bicyclic) bond motifs is 1. The van der Waals surface area contributed by atoms with Crippen LogP contribution in [0.4, 0.5) is 0 Å². The molecule has 2 aliphatic carbocycles. The maximum absolute atomic E-state index is 6.55. The molecule has 0 fully saturated rings. The second-order valence-electron chi connectivity index (χ2n) is 15.0. The Morgan fingerprint density at radius 3 is 1.30 bits per heavy atom. The Hall–Kier alpha value is -1.50. The summed E-state index contributed by atoms with van der Waals surface area (Å²) < 4.78 is 6.55. The summed E-state index contributed by atoms with van der Waals surface area (Å²) in [5.74, 6) is 1.64. The Morgan fingerprint density at radius 1 is 0.457 bits per heavy atom. The smallest absolute Gasteiger partial charge is 0.127 e. The minimum absolute atomic E-state index is 0.526. The van der Waals surface area contributed by atoms with Gasteiger partial charge in [-0.05, 0) is 47.9 Å². The molecule has 2 rings (SSSR count). The third-order valence-corrected chi connectivity index (χ3v) is 10.3. The number of hydrogen-bond donors (Lipinski definition) is 0. The van der Waals surface area contributed by atoms with Gasteiger partial charge >= 0.3 is 0 Å². The van der Waals surface area contributed by atoms with E-state index in [0.717, 1.165) is 12.4 Å². The van der Waals surface area contributed by atoms with Gasteiger partial charge in [0.05, 0.1) is 6.61 Å². The van der Waals surface area contributed by atoms with Crippen LogP contribution in [0.1, 0.15) is 225 Å². The molecule has 1 nitrogen and oxygen atoms in total. The lowest BCUT2D eigenvalue weighted by molar-refractivity contribution is 0.305.